The molecule has 2 saturated heterocycles. The van der Waals surface area contributed by atoms with E-state index in [1.807, 2.05) is 84.9 Å². The van der Waals surface area contributed by atoms with Crippen LogP contribution in [0.5, 0.6) is 0 Å². The lowest BCUT2D eigenvalue weighted by molar-refractivity contribution is -0.140. The monoisotopic (exact) mass is 1150 g/mol. The van der Waals surface area contributed by atoms with Crippen LogP contribution in [0.1, 0.15) is 137 Å². The lowest BCUT2D eigenvalue weighted by Crippen LogP contribution is -2.57. The molecule has 84 heavy (non-hydrogen) atoms. The number of rotatable bonds is 24. The molecule has 4 aliphatic rings. The SMILES string of the molecule is CN[C@@H](C)C(=O)N[C@H](C(=O)N1C[C@@H](NC(C)=O)C[C@H]1CN(CCc1ccccc1)C(=O)c1ccc2cc(C(=O)N(CCc3ccccc3)C[C@@H]3C[C@H](NC(C)=O)CN3C(=O)[C@@H](NC(=O)[C@H](C)NC)C3CCCCC3)ccc2c1)C1CCCCC1. The number of fused-ring (bicyclic) bond motifs is 1. The molecule has 6 N–H and O–H groups in total. The van der Waals surface area contributed by atoms with Gasteiger partial charge in [-0.25, -0.2) is 0 Å². The summed E-state index contributed by atoms with van der Waals surface area (Å²) in [6.07, 6.45) is 11.2. The van der Waals surface area contributed by atoms with E-state index in [-0.39, 0.29) is 97.4 Å². The van der Waals surface area contributed by atoms with Crippen molar-refractivity contribution in [3.8, 4) is 0 Å². The zero-order valence-corrected chi connectivity index (χ0v) is 50.2. The van der Waals surface area contributed by atoms with Gasteiger partial charge in [-0.1, -0.05) is 111 Å². The molecule has 2 heterocycles. The van der Waals surface area contributed by atoms with Crippen LogP contribution >= 0.6 is 0 Å². The fourth-order valence-electron chi connectivity index (χ4n) is 13.1. The van der Waals surface area contributed by atoms with Gasteiger partial charge in [0.2, 0.25) is 35.4 Å². The predicted octanol–water partition coefficient (Wildman–Crippen LogP) is 5.77. The van der Waals surface area contributed by atoms with E-state index in [4.69, 9.17) is 0 Å². The Balaban J connectivity index is 1.07. The molecule has 8 atom stereocenters. The molecule has 4 aromatic carbocycles. The number of amides is 8. The molecule has 0 spiro atoms. The number of hydrogen-bond donors (Lipinski definition) is 6. The Morgan fingerprint density at radius 1 is 0.512 bits per heavy atom. The van der Waals surface area contributed by atoms with Gasteiger partial charge < -0.3 is 51.5 Å². The summed E-state index contributed by atoms with van der Waals surface area (Å²) in [5, 5.41) is 19.8. The Morgan fingerprint density at radius 2 is 0.881 bits per heavy atom. The first kappa shape index (κ1) is 62.9. The quantitative estimate of drug-likeness (QED) is 0.0498. The second-order valence-electron chi connectivity index (χ2n) is 24.1. The highest BCUT2D eigenvalue weighted by molar-refractivity contribution is 6.02. The summed E-state index contributed by atoms with van der Waals surface area (Å²) < 4.78 is 0. The van der Waals surface area contributed by atoms with Gasteiger partial charge in [-0.3, -0.25) is 38.4 Å². The van der Waals surface area contributed by atoms with Crippen LogP contribution < -0.4 is 31.9 Å². The van der Waals surface area contributed by atoms with Gasteiger partial charge in [-0.15, -0.1) is 0 Å². The van der Waals surface area contributed by atoms with Crippen LogP contribution in [0.3, 0.4) is 0 Å². The first-order chi connectivity index (χ1) is 40.5. The molecule has 8 amide bonds. The Hall–Kier alpha value is -7.18. The summed E-state index contributed by atoms with van der Waals surface area (Å²) in [4.78, 5) is 119. The molecule has 0 bridgehead atoms. The van der Waals surface area contributed by atoms with Crippen molar-refractivity contribution in [2.24, 2.45) is 11.8 Å². The van der Waals surface area contributed by atoms with E-state index in [0.29, 0.717) is 49.9 Å². The highest BCUT2D eigenvalue weighted by Gasteiger charge is 2.45. The van der Waals surface area contributed by atoms with Gasteiger partial charge in [0.25, 0.3) is 11.8 Å². The van der Waals surface area contributed by atoms with Crippen LogP contribution in [0.15, 0.2) is 97.1 Å². The van der Waals surface area contributed by atoms with Crippen LogP contribution in [0.4, 0.5) is 0 Å². The van der Waals surface area contributed by atoms with Crippen molar-refractivity contribution >= 4 is 58.0 Å². The van der Waals surface area contributed by atoms with E-state index in [0.717, 1.165) is 86.1 Å². The van der Waals surface area contributed by atoms with Crippen LogP contribution in [0.2, 0.25) is 0 Å². The van der Waals surface area contributed by atoms with Gasteiger partial charge in [-0.2, -0.15) is 0 Å². The van der Waals surface area contributed by atoms with Crippen LogP contribution in [0, 0.1) is 11.8 Å². The van der Waals surface area contributed by atoms with E-state index in [9.17, 15) is 19.2 Å². The lowest BCUT2D eigenvalue weighted by atomic mass is 9.83. The van der Waals surface area contributed by atoms with Crippen molar-refractivity contribution in [1.29, 1.82) is 0 Å². The third kappa shape index (κ3) is 16.6. The van der Waals surface area contributed by atoms with Crippen molar-refractivity contribution in [2.45, 2.75) is 166 Å². The van der Waals surface area contributed by atoms with Crippen molar-refractivity contribution in [3.05, 3.63) is 119 Å². The lowest BCUT2D eigenvalue weighted by Gasteiger charge is -2.37. The van der Waals surface area contributed by atoms with E-state index in [2.05, 4.69) is 31.9 Å². The Labute approximate surface area is 496 Å². The summed E-state index contributed by atoms with van der Waals surface area (Å²) in [5.74, 6) is -1.89. The second kappa shape index (κ2) is 30.1. The van der Waals surface area contributed by atoms with Gasteiger partial charge >= 0.3 is 0 Å². The average molecular weight is 1150 g/mol. The average Bonchev–Trinajstić information content (AvgIpc) is 3.66. The first-order valence-electron chi connectivity index (χ1n) is 30.8. The second-order valence-corrected chi connectivity index (χ2v) is 24.1. The Kier molecular flexibility index (Phi) is 22.5. The van der Waals surface area contributed by atoms with Crippen molar-refractivity contribution < 1.29 is 38.4 Å². The minimum Gasteiger partial charge on any atom is -0.352 e. The fraction of sp³-hybridized carbons (Fsp3) is 0.545. The molecule has 2 saturated carbocycles. The molecule has 18 heteroatoms. The number of nitrogens with one attached hydrogen (secondary N) is 6. The summed E-state index contributed by atoms with van der Waals surface area (Å²) in [5.41, 5.74) is 2.96. The summed E-state index contributed by atoms with van der Waals surface area (Å²) in [7, 11) is 3.42. The minimum absolute atomic E-state index is 0.0449. The van der Waals surface area contributed by atoms with Gasteiger partial charge in [-0.05, 0) is 137 Å². The summed E-state index contributed by atoms with van der Waals surface area (Å²) in [6, 6.07) is 26.7. The molecule has 452 valence electrons. The van der Waals surface area contributed by atoms with Crippen molar-refractivity contribution in [2.75, 3.05) is 53.4 Å². The molecule has 0 aromatic heterocycles. The van der Waals surface area contributed by atoms with Gasteiger partial charge in [0.05, 0.1) is 24.2 Å². The number of nitrogens with zero attached hydrogens (tertiary/aromatic N) is 4. The zero-order valence-electron chi connectivity index (χ0n) is 50.2. The molecule has 0 radical (unpaired) electrons. The standard InChI is InChI=1S/C66H90N10O8/c1-43(67-5)61(79)71-59(49-23-15-9-16-24-49)65(83)75-39-55(69-45(3)77)37-57(75)41-73(33-31-47-19-11-7-12-20-47)63(81)53-29-27-52-36-54(30-28-51(52)35-53)64(82)74(34-32-48-21-13-8-14-22-48)42-58-38-56(70-46(4)78)40-76(58)66(84)60(50-25-17-10-18-26-50)72-62(80)44(2)68-6/h7-8,11-14,19-22,27-30,35-36,43-44,49-50,55-60,67-68H,9-10,15-18,23-26,31-34,37-42H2,1-6H3,(H,69,77)(H,70,78)(H,71,79)(H,72,80)/t43-,44-,55-,56-,57-,58-,59-,60-/m0/s1. The molecule has 2 aliphatic heterocycles. The number of carbonyl (C=O) groups is 8. The number of benzene rings is 4. The molecular weight excluding hydrogens is 1060 g/mol. The molecule has 2 aliphatic carbocycles. The van der Waals surface area contributed by atoms with E-state index < -0.39 is 36.3 Å². The van der Waals surface area contributed by atoms with E-state index in [1.54, 1.807) is 59.7 Å². The van der Waals surface area contributed by atoms with E-state index in [1.165, 1.54) is 13.8 Å². The van der Waals surface area contributed by atoms with Crippen LogP contribution in [0.25, 0.3) is 10.8 Å². The number of carbonyl (C=O) groups excluding carboxylic acids is 8. The minimum atomic E-state index is -0.755. The Bertz CT molecular complexity index is 2720. The third-order valence-corrected chi connectivity index (χ3v) is 18.0. The smallest absolute Gasteiger partial charge is 0.253 e. The molecule has 8 rings (SSSR count). The molecule has 0 unspecified atom stereocenters. The first-order valence-corrected chi connectivity index (χ1v) is 30.8. The van der Waals surface area contributed by atoms with Crippen molar-refractivity contribution in [3.63, 3.8) is 0 Å². The van der Waals surface area contributed by atoms with Gasteiger partial charge in [0, 0.05) is 76.3 Å². The zero-order chi connectivity index (χ0) is 59.9. The molecule has 4 aromatic rings. The number of hydrogen-bond acceptors (Lipinski definition) is 10. The predicted molar refractivity (Wildman–Crippen MR) is 326 cm³/mol. The largest absolute Gasteiger partial charge is 0.352 e. The van der Waals surface area contributed by atoms with Crippen LogP contribution in [-0.2, 0) is 41.6 Å². The number of likely N-dealkylation sites (N-methyl/N-ethyl adjacent to an activating group) is 2. The molecular formula is C66H90N10O8. The van der Waals surface area contributed by atoms with E-state index >= 15 is 19.2 Å². The fourth-order valence-corrected chi connectivity index (χ4v) is 13.1. The molecule has 4 fully saturated rings. The number of likely N-dealkylation sites (tertiary alicyclic amines) is 2. The summed E-state index contributed by atoms with van der Waals surface area (Å²) in [6.45, 7) is 8.02. The van der Waals surface area contributed by atoms with Crippen molar-refractivity contribution in [1.82, 2.24) is 51.5 Å². The molecule has 18 nitrogen and oxygen atoms in total. The normalized spacial score (nSPS) is 20.7. The maximum atomic E-state index is 15.1. The topological polar surface area (TPSA) is 222 Å². The third-order valence-electron chi connectivity index (χ3n) is 18.0. The maximum Gasteiger partial charge on any atom is 0.253 e. The highest BCUT2D eigenvalue weighted by atomic mass is 16.2. The van der Waals surface area contributed by atoms with Crippen LogP contribution in [-0.4, -0.2) is 169 Å². The summed E-state index contributed by atoms with van der Waals surface area (Å²) >= 11 is 0. The van der Waals surface area contributed by atoms with Gasteiger partial charge in [0.15, 0.2) is 0 Å². The van der Waals surface area contributed by atoms with Gasteiger partial charge in [0.1, 0.15) is 12.1 Å². The highest BCUT2D eigenvalue weighted by Crippen LogP contribution is 2.33. The maximum absolute atomic E-state index is 15.1. The Morgan fingerprint density at radius 3 is 1.23 bits per heavy atom.